The molecule has 0 atom stereocenters. The number of amides is 1. The van der Waals surface area contributed by atoms with E-state index >= 15 is 0 Å². The van der Waals surface area contributed by atoms with Crippen molar-refractivity contribution < 1.29 is 13.9 Å². The second-order valence-electron chi connectivity index (χ2n) is 6.03. The van der Waals surface area contributed by atoms with Gasteiger partial charge in [-0.1, -0.05) is 41.4 Å². The Morgan fingerprint density at radius 2 is 2.00 bits per heavy atom. The van der Waals surface area contributed by atoms with Gasteiger partial charge in [0.15, 0.2) is 6.61 Å². The van der Waals surface area contributed by atoms with Gasteiger partial charge in [0.2, 0.25) is 0 Å². The van der Waals surface area contributed by atoms with E-state index in [0.29, 0.717) is 22.3 Å². The molecule has 1 aromatic heterocycles. The van der Waals surface area contributed by atoms with Gasteiger partial charge in [-0.3, -0.25) is 4.79 Å². The lowest BCUT2D eigenvalue weighted by molar-refractivity contribution is -0.123. The van der Waals surface area contributed by atoms with Gasteiger partial charge in [0.1, 0.15) is 17.3 Å². The van der Waals surface area contributed by atoms with Crippen molar-refractivity contribution in [2.75, 3.05) is 6.61 Å². The minimum Gasteiger partial charge on any atom is -0.483 e. The molecule has 0 bridgehead atoms. The van der Waals surface area contributed by atoms with Gasteiger partial charge in [0, 0.05) is 5.56 Å². The third-order valence-electron chi connectivity index (χ3n) is 3.84. The topological polar surface area (TPSA) is 63.8 Å². The summed E-state index contributed by atoms with van der Waals surface area (Å²) in [6, 6.07) is 16.7. The molecule has 0 radical (unpaired) electrons. The third kappa shape index (κ3) is 4.99. The maximum absolute atomic E-state index is 11.9. The summed E-state index contributed by atoms with van der Waals surface area (Å²) in [5.41, 5.74) is 5.33. The molecule has 0 unspecified atom stereocenters. The first kappa shape index (κ1) is 18.7. The van der Waals surface area contributed by atoms with Gasteiger partial charge in [-0.05, 0) is 49.7 Å². The van der Waals surface area contributed by atoms with Crippen LogP contribution in [0.15, 0.2) is 64.1 Å². The molecule has 0 spiro atoms. The van der Waals surface area contributed by atoms with Crippen LogP contribution in [0.25, 0.3) is 11.3 Å². The summed E-state index contributed by atoms with van der Waals surface area (Å²) < 4.78 is 11.2. The van der Waals surface area contributed by atoms with E-state index in [1.807, 2.05) is 50.2 Å². The van der Waals surface area contributed by atoms with Crippen LogP contribution < -0.4 is 10.2 Å². The van der Waals surface area contributed by atoms with E-state index in [0.717, 1.165) is 16.7 Å². The van der Waals surface area contributed by atoms with E-state index in [4.69, 9.17) is 20.8 Å². The predicted molar refractivity (Wildman–Crippen MR) is 106 cm³/mol. The van der Waals surface area contributed by atoms with Crippen LogP contribution in [0.3, 0.4) is 0 Å². The number of ether oxygens (including phenoxy) is 1. The van der Waals surface area contributed by atoms with Crippen LogP contribution in [0.2, 0.25) is 5.02 Å². The summed E-state index contributed by atoms with van der Waals surface area (Å²) in [5.74, 6) is 1.45. The molecule has 1 amide bonds. The second-order valence-corrected chi connectivity index (χ2v) is 6.44. The van der Waals surface area contributed by atoms with E-state index < -0.39 is 0 Å². The minimum atomic E-state index is -0.357. The number of aryl methyl sites for hydroxylation is 2. The number of halogens is 1. The largest absolute Gasteiger partial charge is 0.483 e. The summed E-state index contributed by atoms with van der Waals surface area (Å²) >= 11 is 6.15. The Bertz CT molecular complexity index is 979. The maximum atomic E-state index is 11.9. The average Bonchev–Trinajstić information content (AvgIpc) is 3.10. The molecule has 6 heteroatoms. The quantitative estimate of drug-likeness (QED) is 0.494. The molecule has 5 nitrogen and oxygen atoms in total. The summed E-state index contributed by atoms with van der Waals surface area (Å²) in [5, 5.41) is 4.49. The van der Waals surface area contributed by atoms with Crippen molar-refractivity contribution in [2.24, 2.45) is 5.10 Å². The summed E-state index contributed by atoms with van der Waals surface area (Å²) in [6.07, 6.45) is 1.43. The van der Waals surface area contributed by atoms with Gasteiger partial charge < -0.3 is 9.15 Å². The van der Waals surface area contributed by atoms with Crippen molar-refractivity contribution in [3.05, 3.63) is 76.5 Å². The SMILES string of the molecule is Cc1ccc(OCC(=O)N/N=C/c2ccc(-c3ccccc3Cl)o2)c(C)c1. The number of carbonyl (C=O) groups excluding carboxylic acids is 1. The van der Waals surface area contributed by atoms with Crippen molar-refractivity contribution in [1.82, 2.24) is 5.43 Å². The van der Waals surface area contributed by atoms with Crippen molar-refractivity contribution >= 4 is 23.7 Å². The molecule has 0 aliphatic carbocycles. The number of nitrogens with zero attached hydrogens (tertiary/aromatic N) is 1. The summed E-state index contributed by atoms with van der Waals surface area (Å²) in [7, 11) is 0. The molecule has 3 aromatic rings. The highest BCUT2D eigenvalue weighted by atomic mass is 35.5. The highest BCUT2D eigenvalue weighted by molar-refractivity contribution is 6.33. The Balaban J connectivity index is 1.53. The zero-order valence-corrected chi connectivity index (χ0v) is 15.8. The monoisotopic (exact) mass is 382 g/mol. The molecule has 0 saturated heterocycles. The average molecular weight is 383 g/mol. The van der Waals surface area contributed by atoms with Crippen LogP contribution in [0.5, 0.6) is 5.75 Å². The Labute approximate surface area is 162 Å². The van der Waals surface area contributed by atoms with E-state index in [-0.39, 0.29) is 12.5 Å². The molecule has 27 heavy (non-hydrogen) atoms. The van der Waals surface area contributed by atoms with Gasteiger partial charge >= 0.3 is 0 Å². The predicted octanol–water partition coefficient (Wildman–Crippen LogP) is 4.75. The van der Waals surface area contributed by atoms with Gasteiger partial charge in [-0.25, -0.2) is 5.43 Å². The molecular formula is C21H19ClN2O3. The van der Waals surface area contributed by atoms with Crippen molar-refractivity contribution in [1.29, 1.82) is 0 Å². The molecule has 3 rings (SSSR count). The molecule has 0 aliphatic heterocycles. The normalized spacial score (nSPS) is 10.9. The first-order valence-corrected chi connectivity index (χ1v) is 8.77. The molecule has 0 fully saturated rings. The summed E-state index contributed by atoms with van der Waals surface area (Å²) in [6.45, 7) is 3.82. The molecular weight excluding hydrogens is 364 g/mol. The fourth-order valence-corrected chi connectivity index (χ4v) is 2.76. The molecule has 138 valence electrons. The lowest BCUT2D eigenvalue weighted by atomic mass is 10.1. The molecule has 0 saturated carbocycles. The van der Waals surface area contributed by atoms with E-state index in [9.17, 15) is 4.79 Å². The fourth-order valence-electron chi connectivity index (χ4n) is 2.53. The number of benzene rings is 2. The minimum absolute atomic E-state index is 0.121. The van der Waals surface area contributed by atoms with Crippen LogP contribution in [0.1, 0.15) is 16.9 Å². The number of furan rings is 1. The highest BCUT2D eigenvalue weighted by Gasteiger charge is 2.07. The van der Waals surface area contributed by atoms with Gasteiger partial charge in [-0.2, -0.15) is 5.10 Å². The lowest BCUT2D eigenvalue weighted by Crippen LogP contribution is -2.24. The van der Waals surface area contributed by atoms with E-state index in [2.05, 4.69) is 10.5 Å². The van der Waals surface area contributed by atoms with Crippen LogP contribution >= 0.6 is 11.6 Å². The molecule has 0 aliphatic rings. The van der Waals surface area contributed by atoms with Crippen LogP contribution in [0.4, 0.5) is 0 Å². The Kier molecular flexibility index (Phi) is 5.94. The number of hydrogen-bond donors (Lipinski definition) is 1. The van der Waals surface area contributed by atoms with Gasteiger partial charge in [0.05, 0.1) is 11.2 Å². The molecule has 2 aromatic carbocycles. The van der Waals surface area contributed by atoms with Crippen molar-refractivity contribution in [3.8, 4) is 17.1 Å². The van der Waals surface area contributed by atoms with Crippen LogP contribution in [-0.2, 0) is 4.79 Å². The van der Waals surface area contributed by atoms with Crippen molar-refractivity contribution in [2.45, 2.75) is 13.8 Å². The zero-order chi connectivity index (χ0) is 19.2. The van der Waals surface area contributed by atoms with Crippen LogP contribution in [0, 0.1) is 13.8 Å². The highest BCUT2D eigenvalue weighted by Crippen LogP contribution is 2.28. The second kappa shape index (κ2) is 8.56. The molecule has 1 heterocycles. The van der Waals surface area contributed by atoms with Crippen molar-refractivity contribution in [3.63, 3.8) is 0 Å². The first-order valence-electron chi connectivity index (χ1n) is 8.39. The van der Waals surface area contributed by atoms with E-state index in [1.165, 1.54) is 6.21 Å². The smallest absolute Gasteiger partial charge is 0.277 e. The number of nitrogens with one attached hydrogen (secondary N) is 1. The zero-order valence-electron chi connectivity index (χ0n) is 15.0. The van der Waals surface area contributed by atoms with E-state index in [1.54, 1.807) is 18.2 Å². The van der Waals surface area contributed by atoms with Crippen LogP contribution in [-0.4, -0.2) is 18.7 Å². The lowest BCUT2D eigenvalue weighted by Gasteiger charge is -2.08. The summed E-state index contributed by atoms with van der Waals surface area (Å²) in [4.78, 5) is 11.9. The Morgan fingerprint density at radius 3 is 2.78 bits per heavy atom. The Morgan fingerprint density at radius 1 is 1.19 bits per heavy atom. The number of hydrogen-bond acceptors (Lipinski definition) is 4. The Hall–Kier alpha value is -3.05. The number of carbonyl (C=O) groups is 1. The fraction of sp³-hybridized carbons (Fsp3) is 0.143. The van der Waals surface area contributed by atoms with Gasteiger partial charge in [-0.15, -0.1) is 0 Å². The molecule has 1 N–H and O–H groups in total. The van der Waals surface area contributed by atoms with Gasteiger partial charge in [0.25, 0.3) is 5.91 Å². The maximum Gasteiger partial charge on any atom is 0.277 e. The number of rotatable bonds is 6. The third-order valence-corrected chi connectivity index (χ3v) is 4.17. The number of hydrazone groups is 1. The standard InChI is InChI=1S/C21H19ClN2O3/c1-14-7-9-19(15(2)11-14)26-13-21(25)24-23-12-16-8-10-20(27-16)17-5-3-4-6-18(17)22/h3-12H,13H2,1-2H3,(H,24,25)/b23-12+. The first-order chi connectivity index (χ1) is 13.0.